The van der Waals surface area contributed by atoms with E-state index in [1.54, 1.807) is 17.1 Å². The summed E-state index contributed by atoms with van der Waals surface area (Å²) in [6.07, 6.45) is 3.81. The van der Waals surface area contributed by atoms with E-state index < -0.39 is 10.0 Å². The second-order valence-electron chi connectivity index (χ2n) is 4.19. The molecule has 0 radical (unpaired) electrons. The van der Waals surface area contributed by atoms with Crippen LogP contribution in [0.4, 0.5) is 5.69 Å². The van der Waals surface area contributed by atoms with E-state index >= 15 is 0 Å². The highest BCUT2D eigenvalue weighted by molar-refractivity contribution is 7.89. The smallest absolute Gasteiger partial charge is 0.242 e. The fourth-order valence-electron chi connectivity index (χ4n) is 1.63. The zero-order valence-corrected chi connectivity index (χ0v) is 13.2. The third-order valence-corrected chi connectivity index (χ3v) is 5.06. The van der Waals surface area contributed by atoms with Gasteiger partial charge in [0.2, 0.25) is 10.0 Å². The summed E-state index contributed by atoms with van der Waals surface area (Å²) in [6, 6.07) is 2.72. The monoisotopic (exact) mass is 349 g/mol. The molecule has 0 aliphatic carbocycles. The molecule has 1 aromatic carbocycles. The van der Waals surface area contributed by atoms with Crippen LogP contribution in [0.25, 0.3) is 0 Å². The lowest BCUT2D eigenvalue weighted by Crippen LogP contribution is -2.26. The minimum Gasteiger partial charge on any atom is -0.396 e. The molecule has 2 aromatic rings. The van der Waals surface area contributed by atoms with Crippen LogP contribution in [0.1, 0.15) is 6.42 Å². The second kappa shape index (κ2) is 6.61. The zero-order chi connectivity index (χ0) is 15.5. The predicted molar refractivity (Wildman–Crippen MR) is 80.7 cm³/mol. The molecule has 1 heterocycles. The number of aromatic nitrogens is 3. The van der Waals surface area contributed by atoms with Crippen molar-refractivity contribution in [2.45, 2.75) is 17.9 Å². The molecule has 0 unspecified atom stereocenters. The van der Waals surface area contributed by atoms with Crippen LogP contribution in [0.15, 0.2) is 29.4 Å². The van der Waals surface area contributed by atoms with E-state index in [1.807, 2.05) is 0 Å². The van der Waals surface area contributed by atoms with Crippen molar-refractivity contribution < 1.29 is 8.42 Å². The summed E-state index contributed by atoms with van der Waals surface area (Å²) in [7, 11) is -3.74. The summed E-state index contributed by atoms with van der Waals surface area (Å²) in [6.45, 7) is 0.792. The third-order valence-electron chi connectivity index (χ3n) is 2.71. The van der Waals surface area contributed by atoms with Crippen LogP contribution >= 0.6 is 23.2 Å². The first-order valence-corrected chi connectivity index (χ1v) is 8.23. The molecular formula is C11H13Cl2N5O2S. The van der Waals surface area contributed by atoms with Crippen LogP contribution in [0.5, 0.6) is 0 Å². The minimum atomic E-state index is -3.74. The normalized spacial score (nSPS) is 11.7. The highest BCUT2D eigenvalue weighted by Crippen LogP contribution is 2.32. The molecule has 0 amide bonds. The summed E-state index contributed by atoms with van der Waals surface area (Å²) >= 11 is 11.7. The van der Waals surface area contributed by atoms with Crippen molar-refractivity contribution in [3.63, 3.8) is 0 Å². The Morgan fingerprint density at radius 1 is 1.33 bits per heavy atom. The topological polar surface area (TPSA) is 103 Å². The van der Waals surface area contributed by atoms with Gasteiger partial charge in [-0.2, -0.15) is 0 Å². The van der Waals surface area contributed by atoms with Crippen molar-refractivity contribution in [3.05, 3.63) is 34.6 Å². The molecule has 0 saturated heterocycles. The number of nitrogen functional groups attached to an aromatic ring is 1. The first-order chi connectivity index (χ1) is 9.92. The van der Waals surface area contributed by atoms with E-state index in [2.05, 4.69) is 15.0 Å². The molecule has 114 valence electrons. The lowest BCUT2D eigenvalue weighted by Gasteiger charge is -2.10. The summed E-state index contributed by atoms with van der Waals surface area (Å²) in [5, 5.41) is 7.57. The van der Waals surface area contributed by atoms with Gasteiger partial charge in [0.15, 0.2) is 0 Å². The lowest BCUT2D eigenvalue weighted by molar-refractivity contribution is 0.542. The Hall–Kier alpha value is -1.35. The van der Waals surface area contributed by atoms with Crippen LogP contribution in [0.3, 0.4) is 0 Å². The largest absolute Gasteiger partial charge is 0.396 e. The van der Waals surface area contributed by atoms with E-state index in [4.69, 9.17) is 28.9 Å². The van der Waals surface area contributed by atoms with Crippen molar-refractivity contribution >= 4 is 38.9 Å². The number of sulfonamides is 1. The lowest BCUT2D eigenvalue weighted by atomic mass is 10.3. The highest BCUT2D eigenvalue weighted by atomic mass is 35.5. The second-order valence-corrected chi connectivity index (χ2v) is 6.71. The fraction of sp³-hybridized carbons (Fsp3) is 0.273. The van der Waals surface area contributed by atoms with Crippen molar-refractivity contribution in [2.24, 2.45) is 0 Å². The van der Waals surface area contributed by atoms with Crippen molar-refractivity contribution in [2.75, 3.05) is 12.3 Å². The number of nitrogens with one attached hydrogen (secondary N) is 1. The first-order valence-electron chi connectivity index (χ1n) is 5.99. The predicted octanol–water partition coefficient (Wildman–Crippen LogP) is 1.54. The van der Waals surface area contributed by atoms with Gasteiger partial charge in [0.25, 0.3) is 0 Å². The number of rotatable bonds is 6. The number of nitrogens with two attached hydrogens (primary N) is 1. The van der Waals surface area contributed by atoms with Crippen LogP contribution in [0, 0.1) is 0 Å². The molecule has 2 rings (SSSR count). The average Bonchev–Trinajstić information content (AvgIpc) is 2.94. The fourth-order valence-corrected chi connectivity index (χ4v) is 3.47. The summed E-state index contributed by atoms with van der Waals surface area (Å²) in [5.41, 5.74) is 5.67. The first kappa shape index (κ1) is 16.0. The average molecular weight is 350 g/mol. The van der Waals surface area contributed by atoms with Gasteiger partial charge in [-0.1, -0.05) is 28.4 Å². The van der Waals surface area contributed by atoms with Gasteiger partial charge >= 0.3 is 0 Å². The molecule has 0 aliphatic rings. The molecular weight excluding hydrogens is 337 g/mol. The van der Waals surface area contributed by atoms with Gasteiger partial charge in [-0.15, -0.1) is 5.10 Å². The Morgan fingerprint density at radius 2 is 2.10 bits per heavy atom. The number of aryl methyl sites for hydroxylation is 1. The standard InChI is InChI=1S/C11H13Cl2N5O2S/c12-8-2-3-9(10(13)11(8)14)21(19,20)16-4-1-6-18-7-5-15-17-18/h2-3,5,7,16H,1,4,6,14H2. The van der Waals surface area contributed by atoms with Gasteiger partial charge in [-0.05, 0) is 18.6 Å². The molecule has 10 heteroatoms. The third kappa shape index (κ3) is 3.85. The van der Waals surface area contributed by atoms with Gasteiger partial charge < -0.3 is 5.73 Å². The SMILES string of the molecule is Nc1c(Cl)ccc(S(=O)(=O)NCCCn2ccnn2)c1Cl. The van der Waals surface area contributed by atoms with Crippen molar-refractivity contribution in [1.29, 1.82) is 0 Å². The summed E-state index contributed by atoms with van der Waals surface area (Å²) in [4.78, 5) is -0.0909. The van der Waals surface area contributed by atoms with Gasteiger partial charge in [0, 0.05) is 19.3 Å². The van der Waals surface area contributed by atoms with Gasteiger partial charge in [-0.3, -0.25) is 4.68 Å². The molecule has 0 fully saturated rings. The molecule has 0 atom stereocenters. The molecule has 1 aromatic heterocycles. The van der Waals surface area contributed by atoms with Gasteiger partial charge in [0.1, 0.15) is 4.90 Å². The summed E-state index contributed by atoms with van der Waals surface area (Å²) in [5.74, 6) is 0. The Morgan fingerprint density at radius 3 is 2.76 bits per heavy atom. The van der Waals surface area contributed by atoms with Crippen LogP contribution in [-0.4, -0.2) is 30.0 Å². The number of halogens is 2. The number of hydrogen-bond donors (Lipinski definition) is 2. The van der Waals surface area contributed by atoms with Crippen LogP contribution in [0.2, 0.25) is 10.0 Å². The minimum absolute atomic E-state index is 0.0452. The number of nitrogens with zero attached hydrogens (tertiary/aromatic N) is 3. The number of anilines is 1. The van der Waals surface area contributed by atoms with Crippen LogP contribution < -0.4 is 10.5 Å². The van der Waals surface area contributed by atoms with E-state index in [0.717, 1.165) is 0 Å². The van der Waals surface area contributed by atoms with E-state index in [-0.39, 0.29) is 27.2 Å². The quantitative estimate of drug-likeness (QED) is 0.608. The van der Waals surface area contributed by atoms with Crippen molar-refractivity contribution in [1.82, 2.24) is 19.7 Å². The molecule has 7 nitrogen and oxygen atoms in total. The molecule has 0 bridgehead atoms. The maximum Gasteiger partial charge on any atom is 0.242 e. The molecule has 0 aliphatic heterocycles. The summed E-state index contributed by atoms with van der Waals surface area (Å²) < 4.78 is 28.4. The van der Waals surface area contributed by atoms with E-state index in [0.29, 0.717) is 13.0 Å². The van der Waals surface area contributed by atoms with E-state index in [9.17, 15) is 8.42 Å². The Balaban J connectivity index is 2.00. The molecule has 21 heavy (non-hydrogen) atoms. The van der Waals surface area contributed by atoms with Crippen LogP contribution in [-0.2, 0) is 16.6 Å². The Labute approximate surface area is 132 Å². The molecule has 3 N–H and O–H groups in total. The Kier molecular flexibility index (Phi) is 5.04. The highest BCUT2D eigenvalue weighted by Gasteiger charge is 2.20. The maximum absolute atomic E-state index is 12.1. The van der Waals surface area contributed by atoms with E-state index in [1.165, 1.54) is 12.1 Å². The van der Waals surface area contributed by atoms with Crippen molar-refractivity contribution in [3.8, 4) is 0 Å². The molecule has 0 saturated carbocycles. The molecule has 0 spiro atoms. The maximum atomic E-state index is 12.1. The van der Waals surface area contributed by atoms with Gasteiger partial charge in [0.05, 0.1) is 21.9 Å². The number of hydrogen-bond acceptors (Lipinski definition) is 5. The van der Waals surface area contributed by atoms with Gasteiger partial charge in [-0.25, -0.2) is 13.1 Å². The number of benzene rings is 1. The Bertz CT molecular complexity index is 718. The zero-order valence-electron chi connectivity index (χ0n) is 10.8.